The number of benzene rings is 1. The highest BCUT2D eigenvalue weighted by atomic mass is 16.5. The Morgan fingerprint density at radius 2 is 1.83 bits per heavy atom. The van der Waals surface area contributed by atoms with Crippen molar-refractivity contribution in [1.29, 1.82) is 0 Å². The van der Waals surface area contributed by atoms with E-state index in [-0.39, 0.29) is 23.6 Å². The maximum Gasteiger partial charge on any atom is 0.320 e. The largest absolute Gasteiger partial charge is 0.484 e. The van der Waals surface area contributed by atoms with Gasteiger partial charge < -0.3 is 10.1 Å². The van der Waals surface area contributed by atoms with Crippen molar-refractivity contribution in [2.45, 2.75) is 51.2 Å². The molecule has 3 heterocycles. The summed E-state index contributed by atoms with van der Waals surface area (Å²) >= 11 is 0. The molecule has 2 N–H and O–H groups in total. The predicted octanol–water partition coefficient (Wildman–Crippen LogP) is 1.72. The smallest absolute Gasteiger partial charge is 0.320 e. The van der Waals surface area contributed by atoms with Gasteiger partial charge in [0.15, 0.2) is 21.3 Å². The van der Waals surface area contributed by atoms with Crippen LogP contribution in [0.25, 0.3) is 5.65 Å². The Morgan fingerprint density at radius 1 is 1.06 bits per heavy atom. The van der Waals surface area contributed by atoms with E-state index >= 15 is 0 Å². The van der Waals surface area contributed by atoms with Crippen molar-refractivity contribution >= 4 is 44.5 Å². The molecule has 0 aliphatic heterocycles. The molecule has 10 heteroatoms. The number of anilines is 1. The lowest BCUT2D eigenvalue weighted by Crippen LogP contribution is -2.36. The second-order valence-corrected chi connectivity index (χ2v) is 10.4. The lowest BCUT2D eigenvalue weighted by atomic mass is 9.85. The maximum absolute atomic E-state index is 13.0. The molecule has 182 valence electrons. The Kier molecular flexibility index (Phi) is 6.20. The van der Waals surface area contributed by atoms with E-state index in [2.05, 4.69) is 64.8 Å². The maximum atomic E-state index is 13.0. The molecule has 1 aliphatic carbocycles. The first-order valence-corrected chi connectivity index (χ1v) is 12.3. The topological polar surface area (TPSA) is 93.4 Å². The number of rotatable bonds is 4. The molecule has 4 aromatic rings. The van der Waals surface area contributed by atoms with E-state index in [0.717, 1.165) is 52.2 Å². The standard InChI is InChI=1S/C26H30B2N6O2/c1-26(2,3)15-12-21(27)30-22(13-15)31-25(35)29-19-9-10-20(18-7-5-4-6-17(18)19)36-16-8-11-23-32-33-24(28)34(23)14-16/h4-8,11-14,19-20H,9-10,27-28H2,1-3H3,(H2,29,30,31,35)/t19-,20+/m0/s1. The molecule has 0 unspecified atom stereocenters. The van der Waals surface area contributed by atoms with E-state index in [1.165, 1.54) is 0 Å². The lowest BCUT2D eigenvalue weighted by molar-refractivity contribution is 0.172. The fourth-order valence-corrected chi connectivity index (χ4v) is 4.72. The quantitative estimate of drug-likeness (QED) is 0.434. The Morgan fingerprint density at radius 3 is 2.61 bits per heavy atom. The van der Waals surface area contributed by atoms with Crippen LogP contribution in [0, 0.1) is 0 Å². The van der Waals surface area contributed by atoms with E-state index in [4.69, 9.17) is 4.74 Å². The number of amides is 2. The van der Waals surface area contributed by atoms with Crippen LogP contribution >= 0.6 is 0 Å². The second kappa shape index (κ2) is 9.33. The SMILES string of the molecule is Bc1cc(C(C)(C)C)cc(NC(=O)N[C@H]2CC[C@@H](Oc3ccc4nnc(B)n4c3)c3ccccc32)n1. The molecule has 0 fully saturated rings. The number of carbonyl (C=O) groups is 1. The Hall–Kier alpha value is -3.81. The third-order valence-corrected chi connectivity index (χ3v) is 6.63. The highest BCUT2D eigenvalue weighted by molar-refractivity contribution is 6.30. The lowest BCUT2D eigenvalue weighted by Gasteiger charge is -2.32. The van der Waals surface area contributed by atoms with Gasteiger partial charge in [0.1, 0.15) is 17.7 Å². The minimum atomic E-state index is -0.263. The molecule has 0 spiro atoms. The van der Waals surface area contributed by atoms with Gasteiger partial charge in [-0.3, -0.25) is 9.72 Å². The number of carbonyl (C=O) groups excluding carboxylic acids is 1. The van der Waals surface area contributed by atoms with Gasteiger partial charge in [-0.15, -0.1) is 10.2 Å². The molecule has 5 rings (SSSR count). The number of hydrogen-bond donors (Lipinski definition) is 2. The first kappa shape index (κ1) is 23.9. The Labute approximate surface area is 212 Å². The summed E-state index contributed by atoms with van der Waals surface area (Å²) in [4.78, 5) is 17.5. The van der Waals surface area contributed by atoms with E-state index < -0.39 is 0 Å². The molecule has 0 saturated heterocycles. The number of nitrogens with zero attached hydrogens (tertiary/aromatic N) is 4. The molecule has 8 nitrogen and oxygen atoms in total. The third-order valence-electron chi connectivity index (χ3n) is 6.63. The third kappa shape index (κ3) is 4.94. The van der Waals surface area contributed by atoms with Crippen molar-refractivity contribution in [3.8, 4) is 5.75 Å². The van der Waals surface area contributed by atoms with Gasteiger partial charge >= 0.3 is 6.03 Å². The minimum Gasteiger partial charge on any atom is -0.484 e. The van der Waals surface area contributed by atoms with Crippen molar-refractivity contribution in [3.05, 3.63) is 71.4 Å². The molecule has 3 aromatic heterocycles. The first-order chi connectivity index (χ1) is 17.2. The summed E-state index contributed by atoms with van der Waals surface area (Å²) in [5, 5.41) is 14.3. The van der Waals surface area contributed by atoms with E-state index in [1.807, 2.05) is 56.6 Å². The summed E-state index contributed by atoms with van der Waals surface area (Å²) in [7, 11) is 3.86. The van der Waals surface area contributed by atoms with Crippen LogP contribution in [0.2, 0.25) is 0 Å². The molecule has 0 saturated carbocycles. The number of ether oxygens (including phenoxy) is 1. The minimum absolute atomic E-state index is 0.0322. The van der Waals surface area contributed by atoms with Crippen LogP contribution in [0.4, 0.5) is 10.6 Å². The van der Waals surface area contributed by atoms with Crippen molar-refractivity contribution in [2.24, 2.45) is 0 Å². The number of fused-ring (bicyclic) bond motifs is 2. The first-order valence-electron chi connectivity index (χ1n) is 12.3. The average Bonchev–Trinajstić information content (AvgIpc) is 3.20. The van der Waals surface area contributed by atoms with E-state index in [1.54, 1.807) is 0 Å². The van der Waals surface area contributed by atoms with Crippen molar-refractivity contribution in [1.82, 2.24) is 24.9 Å². The Bertz CT molecular complexity index is 1430. The average molecular weight is 480 g/mol. The van der Waals surface area contributed by atoms with Crippen LogP contribution in [0.15, 0.2) is 54.7 Å². The zero-order valence-electron chi connectivity index (χ0n) is 21.4. The molecule has 2 atom stereocenters. The number of pyridine rings is 2. The molecule has 1 aliphatic rings. The molecule has 0 bridgehead atoms. The zero-order chi connectivity index (χ0) is 25.4. The van der Waals surface area contributed by atoms with Gasteiger partial charge in [0.25, 0.3) is 0 Å². The van der Waals surface area contributed by atoms with E-state index in [0.29, 0.717) is 5.82 Å². The number of aromatic nitrogens is 4. The highest BCUT2D eigenvalue weighted by Gasteiger charge is 2.29. The summed E-state index contributed by atoms with van der Waals surface area (Å²) in [5.41, 5.74) is 5.73. The Balaban J connectivity index is 1.31. The van der Waals surface area contributed by atoms with Crippen molar-refractivity contribution in [2.75, 3.05) is 5.32 Å². The molecular weight excluding hydrogens is 450 g/mol. The number of urea groups is 1. The number of nitrogens with one attached hydrogen (secondary N) is 2. The molecule has 1 aromatic carbocycles. The van der Waals surface area contributed by atoms with Gasteiger partial charge in [0.2, 0.25) is 0 Å². The molecule has 36 heavy (non-hydrogen) atoms. The van der Waals surface area contributed by atoms with Gasteiger partial charge in [-0.25, -0.2) is 9.78 Å². The normalized spacial score (nSPS) is 17.4. The van der Waals surface area contributed by atoms with Crippen LogP contribution in [-0.4, -0.2) is 41.3 Å². The van der Waals surface area contributed by atoms with Crippen LogP contribution < -0.4 is 26.7 Å². The van der Waals surface area contributed by atoms with Crippen molar-refractivity contribution in [3.63, 3.8) is 0 Å². The molecular formula is C26H30B2N6O2. The van der Waals surface area contributed by atoms with Crippen LogP contribution in [-0.2, 0) is 5.41 Å². The van der Waals surface area contributed by atoms with Crippen molar-refractivity contribution < 1.29 is 9.53 Å². The van der Waals surface area contributed by atoms with Crippen LogP contribution in [0.1, 0.15) is 62.4 Å². The highest BCUT2D eigenvalue weighted by Crippen LogP contribution is 2.38. The van der Waals surface area contributed by atoms with Crippen LogP contribution in [0.5, 0.6) is 5.75 Å². The summed E-state index contributed by atoms with van der Waals surface area (Å²) in [6, 6.07) is 15.6. The van der Waals surface area contributed by atoms with Gasteiger partial charge in [0, 0.05) is 0 Å². The predicted molar refractivity (Wildman–Crippen MR) is 146 cm³/mol. The van der Waals surface area contributed by atoms with E-state index in [9.17, 15) is 4.79 Å². The summed E-state index contributed by atoms with van der Waals surface area (Å²) in [6.45, 7) is 6.44. The fourth-order valence-electron chi connectivity index (χ4n) is 4.72. The zero-order valence-corrected chi connectivity index (χ0v) is 21.4. The van der Waals surface area contributed by atoms with Gasteiger partial charge in [0.05, 0.1) is 18.0 Å². The summed E-state index contributed by atoms with van der Waals surface area (Å²) in [5.74, 6) is 1.32. The van der Waals surface area contributed by atoms with Crippen LogP contribution in [0.3, 0.4) is 0 Å². The molecule has 0 radical (unpaired) electrons. The fraction of sp³-hybridized carbons (Fsp3) is 0.308. The second-order valence-electron chi connectivity index (χ2n) is 10.4. The van der Waals surface area contributed by atoms with Gasteiger partial charge in [-0.1, -0.05) is 45.0 Å². The van der Waals surface area contributed by atoms with Gasteiger partial charge in [-0.05, 0) is 64.8 Å². The monoisotopic (exact) mass is 480 g/mol. The summed E-state index contributed by atoms with van der Waals surface area (Å²) in [6.07, 6.45) is 3.35. The molecule has 2 amide bonds. The number of hydrogen-bond acceptors (Lipinski definition) is 5. The van der Waals surface area contributed by atoms with Gasteiger partial charge in [-0.2, -0.15) is 0 Å². The summed E-state index contributed by atoms with van der Waals surface area (Å²) < 4.78 is 8.33.